The molecule has 0 radical (unpaired) electrons. The predicted molar refractivity (Wildman–Crippen MR) is 106 cm³/mol. The van der Waals surface area contributed by atoms with E-state index in [-0.39, 0.29) is 12.3 Å². The minimum atomic E-state index is -0.141. The Bertz CT molecular complexity index is 893. The van der Waals surface area contributed by atoms with Crippen LogP contribution in [0.2, 0.25) is 0 Å². The number of amides is 1. The maximum atomic E-state index is 12.3. The Morgan fingerprint density at radius 2 is 1.78 bits per heavy atom. The average Bonchev–Trinajstić information content (AvgIpc) is 3.14. The number of aromatic nitrogens is 2. The molecule has 0 unspecified atom stereocenters. The number of hydrogen-bond donors (Lipinski definition) is 1. The van der Waals surface area contributed by atoms with Crippen LogP contribution in [-0.2, 0) is 24.1 Å². The van der Waals surface area contributed by atoms with E-state index >= 15 is 0 Å². The van der Waals surface area contributed by atoms with E-state index in [2.05, 4.69) is 15.5 Å². The summed E-state index contributed by atoms with van der Waals surface area (Å²) in [4.78, 5) is 12.3. The highest BCUT2D eigenvalue weighted by molar-refractivity contribution is 7.15. The van der Waals surface area contributed by atoms with Crippen molar-refractivity contribution in [3.8, 4) is 11.5 Å². The number of carbonyl (C=O) groups excluding carboxylic acids is 1. The average molecular weight is 383 g/mol. The van der Waals surface area contributed by atoms with E-state index in [0.717, 1.165) is 29.2 Å². The van der Waals surface area contributed by atoms with Crippen LogP contribution in [0, 0.1) is 0 Å². The molecule has 0 saturated carbocycles. The number of rotatable bonds is 8. The quantitative estimate of drug-likeness (QED) is 0.644. The molecule has 3 rings (SSSR count). The number of benzene rings is 2. The first-order valence-electron chi connectivity index (χ1n) is 8.55. The summed E-state index contributed by atoms with van der Waals surface area (Å²) in [5.41, 5.74) is 2.04. The Morgan fingerprint density at radius 1 is 1.00 bits per heavy atom. The molecule has 0 bridgehead atoms. The second-order valence-electron chi connectivity index (χ2n) is 5.89. The Morgan fingerprint density at radius 3 is 2.52 bits per heavy atom. The number of nitrogens with zero attached hydrogens (tertiary/aromatic N) is 2. The van der Waals surface area contributed by atoms with Gasteiger partial charge < -0.3 is 14.8 Å². The third-order valence-electron chi connectivity index (χ3n) is 4.04. The number of hydrogen-bond acceptors (Lipinski definition) is 6. The molecule has 1 aromatic heterocycles. The van der Waals surface area contributed by atoms with Crippen molar-refractivity contribution in [3.63, 3.8) is 0 Å². The molecule has 0 spiro atoms. The number of aryl methyl sites for hydroxylation is 2. The van der Waals surface area contributed by atoms with E-state index in [1.54, 1.807) is 14.2 Å². The van der Waals surface area contributed by atoms with Gasteiger partial charge in [-0.1, -0.05) is 41.7 Å². The van der Waals surface area contributed by atoms with Gasteiger partial charge in [-0.05, 0) is 30.2 Å². The molecule has 0 saturated heterocycles. The van der Waals surface area contributed by atoms with Crippen LogP contribution < -0.4 is 14.8 Å². The van der Waals surface area contributed by atoms with Gasteiger partial charge >= 0.3 is 0 Å². The van der Waals surface area contributed by atoms with E-state index < -0.39 is 0 Å². The van der Waals surface area contributed by atoms with Gasteiger partial charge in [0.05, 0.1) is 20.6 Å². The molecule has 1 heterocycles. The van der Waals surface area contributed by atoms with Crippen molar-refractivity contribution in [1.29, 1.82) is 0 Å². The molecule has 140 valence electrons. The zero-order valence-electron chi connectivity index (χ0n) is 15.3. The molecule has 6 nitrogen and oxygen atoms in total. The summed E-state index contributed by atoms with van der Waals surface area (Å²) >= 11 is 1.40. The summed E-state index contributed by atoms with van der Waals surface area (Å²) in [5, 5.41) is 12.4. The number of methoxy groups -OCH3 is 2. The highest BCUT2D eigenvalue weighted by atomic mass is 32.1. The van der Waals surface area contributed by atoms with Crippen LogP contribution >= 0.6 is 11.3 Å². The lowest BCUT2D eigenvalue weighted by Gasteiger charge is -2.07. The molecule has 1 N–H and O–H groups in total. The van der Waals surface area contributed by atoms with Crippen LogP contribution in [0.5, 0.6) is 11.5 Å². The number of carbonyl (C=O) groups is 1. The monoisotopic (exact) mass is 383 g/mol. The lowest BCUT2D eigenvalue weighted by atomic mass is 10.1. The molecule has 27 heavy (non-hydrogen) atoms. The molecule has 0 atom stereocenters. The second kappa shape index (κ2) is 9.14. The van der Waals surface area contributed by atoms with Crippen LogP contribution in [0.15, 0.2) is 48.5 Å². The van der Waals surface area contributed by atoms with Gasteiger partial charge in [0.1, 0.15) is 16.5 Å². The molecular formula is C20H21N3O3S. The summed E-state index contributed by atoms with van der Waals surface area (Å²) in [6.45, 7) is 0. The predicted octanol–water partition coefficient (Wildman–Crippen LogP) is 3.52. The van der Waals surface area contributed by atoms with Crippen molar-refractivity contribution in [3.05, 3.63) is 64.7 Å². The SMILES string of the molecule is COc1ccc(CCc2nnc(NC(=O)Cc3ccccc3OC)s2)cc1. The van der Waals surface area contributed by atoms with Crippen LogP contribution in [0.4, 0.5) is 5.13 Å². The van der Waals surface area contributed by atoms with Gasteiger partial charge in [0.15, 0.2) is 0 Å². The van der Waals surface area contributed by atoms with Crippen molar-refractivity contribution >= 4 is 22.4 Å². The topological polar surface area (TPSA) is 73.3 Å². The first-order valence-corrected chi connectivity index (χ1v) is 9.36. The van der Waals surface area contributed by atoms with E-state index in [1.807, 2.05) is 48.5 Å². The standard InChI is InChI=1S/C20H21N3O3S/c1-25-16-10-7-14(8-11-16)9-12-19-22-23-20(27-19)21-18(24)13-15-5-3-4-6-17(15)26-2/h3-8,10-11H,9,12-13H2,1-2H3,(H,21,23,24). The highest BCUT2D eigenvalue weighted by Crippen LogP contribution is 2.21. The fraction of sp³-hybridized carbons (Fsp3) is 0.250. The Kier molecular flexibility index (Phi) is 6.38. The molecule has 7 heteroatoms. The van der Waals surface area contributed by atoms with Crippen LogP contribution in [-0.4, -0.2) is 30.3 Å². The highest BCUT2D eigenvalue weighted by Gasteiger charge is 2.11. The first-order chi connectivity index (χ1) is 13.2. The number of nitrogens with one attached hydrogen (secondary N) is 1. The van der Waals surface area contributed by atoms with Crippen molar-refractivity contribution in [2.45, 2.75) is 19.3 Å². The number of ether oxygens (including phenoxy) is 2. The zero-order valence-corrected chi connectivity index (χ0v) is 16.1. The third kappa shape index (κ3) is 5.27. The van der Waals surface area contributed by atoms with Gasteiger partial charge in [-0.25, -0.2) is 0 Å². The van der Waals surface area contributed by atoms with Crippen molar-refractivity contribution in [1.82, 2.24) is 10.2 Å². The lowest BCUT2D eigenvalue weighted by molar-refractivity contribution is -0.115. The number of anilines is 1. The van der Waals surface area contributed by atoms with Gasteiger partial charge in [0.25, 0.3) is 0 Å². The van der Waals surface area contributed by atoms with Crippen molar-refractivity contribution in [2.75, 3.05) is 19.5 Å². The van der Waals surface area contributed by atoms with E-state index in [1.165, 1.54) is 16.9 Å². The van der Waals surface area contributed by atoms with Crippen LogP contribution in [0.3, 0.4) is 0 Å². The molecule has 0 aliphatic heterocycles. The molecule has 1 amide bonds. The minimum absolute atomic E-state index is 0.141. The van der Waals surface area contributed by atoms with Crippen LogP contribution in [0.1, 0.15) is 16.1 Å². The normalized spacial score (nSPS) is 10.4. The molecule has 0 aliphatic carbocycles. The maximum Gasteiger partial charge on any atom is 0.230 e. The number of para-hydroxylation sites is 1. The largest absolute Gasteiger partial charge is 0.497 e. The van der Waals surface area contributed by atoms with E-state index in [9.17, 15) is 4.79 Å². The van der Waals surface area contributed by atoms with Gasteiger partial charge in [-0.3, -0.25) is 4.79 Å². The van der Waals surface area contributed by atoms with Gasteiger partial charge in [-0.15, -0.1) is 10.2 Å². The molecule has 0 aliphatic rings. The lowest BCUT2D eigenvalue weighted by Crippen LogP contribution is -2.14. The summed E-state index contributed by atoms with van der Waals surface area (Å²) in [7, 11) is 3.25. The third-order valence-corrected chi connectivity index (χ3v) is 4.94. The fourth-order valence-corrected chi connectivity index (χ4v) is 3.39. The minimum Gasteiger partial charge on any atom is -0.497 e. The first kappa shape index (κ1) is 18.8. The molecule has 0 fully saturated rings. The maximum absolute atomic E-state index is 12.3. The Labute approximate surface area is 162 Å². The van der Waals surface area contributed by atoms with Gasteiger partial charge in [0, 0.05) is 12.0 Å². The van der Waals surface area contributed by atoms with Gasteiger partial charge in [0.2, 0.25) is 11.0 Å². The van der Waals surface area contributed by atoms with Crippen LogP contribution in [0.25, 0.3) is 0 Å². The molecule has 3 aromatic rings. The van der Waals surface area contributed by atoms with Crippen molar-refractivity contribution in [2.24, 2.45) is 0 Å². The summed E-state index contributed by atoms with van der Waals surface area (Å²) in [6, 6.07) is 15.4. The summed E-state index contributed by atoms with van der Waals surface area (Å²) in [6.07, 6.45) is 1.85. The summed E-state index contributed by atoms with van der Waals surface area (Å²) < 4.78 is 10.4. The summed E-state index contributed by atoms with van der Waals surface area (Å²) in [5.74, 6) is 1.40. The Balaban J connectivity index is 1.53. The molecular weight excluding hydrogens is 362 g/mol. The zero-order chi connectivity index (χ0) is 19.1. The smallest absolute Gasteiger partial charge is 0.230 e. The second-order valence-corrected chi connectivity index (χ2v) is 6.95. The fourth-order valence-electron chi connectivity index (χ4n) is 2.63. The van der Waals surface area contributed by atoms with Gasteiger partial charge in [-0.2, -0.15) is 0 Å². The van der Waals surface area contributed by atoms with Crippen molar-refractivity contribution < 1.29 is 14.3 Å². The van der Waals surface area contributed by atoms with E-state index in [4.69, 9.17) is 9.47 Å². The van der Waals surface area contributed by atoms with E-state index in [0.29, 0.717) is 10.9 Å². The Hall–Kier alpha value is -2.93. The molecule has 2 aromatic carbocycles.